The van der Waals surface area contributed by atoms with E-state index < -0.39 is 28.5 Å². The van der Waals surface area contributed by atoms with Crippen molar-refractivity contribution < 1.29 is 22.7 Å². The summed E-state index contributed by atoms with van der Waals surface area (Å²) < 4.78 is 32.0. The molecule has 0 bridgehead atoms. The van der Waals surface area contributed by atoms with Crippen molar-refractivity contribution in [2.75, 3.05) is 30.8 Å². The molecule has 0 aromatic heterocycles. The van der Waals surface area contributed by atoms with Gasteiger partial charge in [-0.1, -0.05) is 49.7 Å². The molecule has 2 aromatic carbocycles. The zero-order chi connectivity index (χ0) is 26.2. The van der Waals surface area contributed by atoms with Gasteiger partial charge in [-0.3, -0.25) is 13.9 Å². The molecule has 35 heavy (non-hydrogen) atoms. The summed E-state index contributed by atoms with van der Waals surface area (Å²) in [6.45, 7) is 7.80. The van der Waals surface area contributed by atoms with E-state index in [0.717, 1.165) is 33.7 Å². The highest BCUT2D eigenvalue weighted by atomic mass is 32.2. The van der Waals surface area contributed by atoms with Crippen LogP contribution < -0.4 is 14.4 Å². The zero-order valence-corrected chi connectivity index (χ0v) is 22.3. The lowest BCUT2D eigenvalue weighted by Gasteiger charge is -2.33. The van der Waals surface area contributed by atoms with Crippen LogP contribution in [0.2, 0.25) is 0 Å². The van der Waals surface area contributed by atoms with Crippen LogP contribution in [0.3, 0.4) is 0 Å². The van der Waals surface area contributed by atoms with Crippen LogP contribution in [0.1, 0.15) is 43.4 Å². The van der Waals surface area contributed by atoms with E-state index in [0.29, 0.717) is 18.7 Å². The van der Waals surface area contributed by atoms with Gasteiger partial charge >= 0.3 is 0 Å². The summed E-state index contributed by atoms with van der Waals surface area (Å²) in [5.41, 5.74) is 2.99. The Bertz CT molecular complexity index is 1130. The van der Waals surface area contributed by atoms with Crippen molar-refractivity contribution in [2.45, 2.75) is 53.1 Å². The number of hydrogen-bond acceptors (Lipinski definition) is 5. The number of carbonyl (C=O) groups excluding carboxylic acids is 2. The Morgan fingerprint density at radius 2 is 1.74 bits per heavy atom. The molecular formula is C26H37N3O5S. The van der Waals surface area contributed by atoms with Crippen LogP contribution in [0.15, 0.2) is 42.5 Å². The maximum Gasteiger partial charge on any atom is 0.244 e. The SMILES string of the molecule is CCCNC(=O)[C@H](CC)N(Cc1cccc(C)c1)C(=O)CN(c1cc(C)ccc1OC)S(C)(=O)=O. The second kappa shape index (κ2) is 12.6. The molecule has 0 aliphatic heterocycles. The number of aryl methyl sites for hydroxylation is 2. The fourth-order valence-corrected chi connectivity index (χ4v) is 4.73. The summed E-state index contributed by atoms with van der Waals surface area (Å²) in [4.78, 5) is 28.2. The van der Waals surface area contributed by atoms with Crippen LogP contribution in [0.25, 0.3) is 0 Å². The Labute approximate surface area is 209 Å². The fourth-order valence-electron chi connectivity index (χ4n) is 3.88. The van der Waals surface area contributed by atoms with E-state index in [2.05, 4.69) is 5.32 Å². The molecule has 0 saturated carbocycles. The monoisotopic (exact) mass is 503 g/mol. The van der Waals surface area contributed by atoms with E-state index in [1.54, 1.807) is 18.2 Å². The minimum atomic E-state index is -3.84. The molecule has 0 aliphatic rings. The van der Waals surface area contributed by atoms with E-state index in [4.69, 9.17) is 4.74 Å². The van der Waals surface area contributed by atoms with Gasteiger partial charge in [-0.25, -0.2) is 8.42 Å². The number of carbonyl (C=O) groups is 2. The predicted octanol–water partition coefficient (Wildman–Crippen LogP) is 3.41. The van der Waals surface area contributed by atoms with E-state index >= 15 is 0 Å². The van der Waals surface area contributed by atoms with Gasteiger partial charge in [-0.2, -0.15) is 0 Å². The first-order valence-electron chi connectivity index (χ1n) is 11.8. The van der Waals surface area contributed by atoms with Gasteiger partial charge in [-0.05, 0) is 49.9 Å². The van der Waals surface area contributed by atoms with Crippen LogP contribution in [0.4, 0.5) is 5.69 Å². The molecular weight excluding hydrogens is 466 g/mol. The Balaban J connectivity index is 2.50. The van der Waals surface area contributed by atoms with Crippen molar-refractivity contribution >= 4 is 27.5 Å². The molecule has 0 heterocycles. The van der Waals surface area contributed by atoms with E-state index in [9.17, 15) is 18.0 Å². The van der Waals surface area contributed by atoms with Crippen LogP contribution in [0, 0.1) is 13.8 Å². The molecule has 1 atom stereocenters. The minimum absolute atomic E-state index is 0.182. The number of rotatable bonds is 12. The maximum atomic E-state index is 13.7. The normalized spacial score (nSPS) is 12.1. The molecule has 2 rings (SSSR count). The van der Waals surface area contributed by atoms with Gasteiger partial charge in [0.25, 0.3) is 0 Å². The number of ether oxygens (including phenoxy) is 1. The third kappa shape index (κ3) is 7.71. The van der Waals surface area contributed by atoms with Crippen molar-refractivity contribution in [1.29, 1.82) is 0 Å². The lowest BCUT2D eigenvalue weighted by atomic mass is 10.1. The Morgan fingerprint density at radius 3 is 2.31 bits per heavy atom. The van der Waals surface area contributed by atoms with Gasteiger partial charge in [0, 0.05) is 13.1 Å². The number of methoxy groups -OCH3 is 1. The van der Waals surface area contributed by atoms with E-state index in [-0.39, 0.29) is 18.1 Å². The second-order valence-electron chi connectivity index (χ2n) is 8.67. The van der Waals surface area contributed by atoms with E-state index in [1.807, 2.05) is 52.0 Å². The Hall–Kier alpha value is -3.07. The van der Waals surface area contributed by atoms with Crippen molar-refractivity contribution in [3.05, 3.63) is 59.2 Å². The smallest absolute Gasteiger partial charge is 0.244 e. The number of anilines is 1. The maximum absolute atomic E-state index is 13.7. The summed E-state index contributed by atoms with van der Waals surface area (Å²) in [6, 6.07) is 12.1. The summed E-state index contributed by atoms with van der Waals surface area (Å²) in [5, 5.41) is 2.87. The van der Waals surface area contributed by atoms with Gasteiger partial charge in [0.15, 0.2) is 0 Å². The highest BCUT2D eigenvalue weighted by molar-refractivity contribution is 7.92. The second-order valence-corrected chi connectivity index (χ2v) is 10.6. The third-order valence-electron chi connectivity index (χ3n) is 5.65. The number of nitrogens with zero attached hydrogens (tertiary/aromatic N) is 2. The van der Waals surface area contributed by atoms with Gasteiger partial charge in [0.05, 0.1) is 19.1 Å². The molecule has 2 aromatic rings. The molecule has 9 heteroatoms. The number of benzene rings is 2. The average molecular weight is 504 g/mol. The molecule has 0 saturated heterocycles. The highest BCUT2D eigenvalue weighted by Crippen LogP contribution is 2.31. The summed E-state index contributed by atoms with van der Waals surface area (Å²) in [5.74, 6) is -0.389. The zero-order valence-electron chi connectivity index (χ0n) is 21.5. The van der Waals surface area contributed by atoms with Gasteiger partial charge in [-0.15, -0.1) is 0 Å². The standard InChI is InChI=1S/C26H37N3O5S/c1-7-14-27-26(31)22(8-2)28(17-21-11-9-10-19(3)15-21)25(30)18-29(35(6,32)33)23-16-20(4)12-13-24(23)34-5/h9-13,15-16,22H,7-8,14,17-18H2,1-6H3,(H,27,31)/t22-/m0/s1. The summed E-state index contributed by atoms with van der Waals surface area (Å²) in [6.07, 6.45) is 2.21. The predicted molar refractivity (Wildman–Crippen MR) is 139 cm³/mol. The minimum Gasteiger partial charge on any atom is -0.495 e. The average Bonchev–Trinajstić information content (AvgIpc) is 2.80. The highest BCUT2D eigenvalue weighted by Gasteiger charge is 2.32. The fraction of sp³-hybridized carbons (Fsp3) is 0.462. The van der Waals surface area contributed by atoms with Crippen molar-refractivity contribution in [3.8, 4) is 5.75 Å². The third-order valence-corrected chi connectivity index (χ3v) is 6.78. The molecule has 0 fully saturated rings. The number of amides is 2. The van der Waals surface area contributed by atoms with Crippen LogP contribution in [0.5, 0.6) is 5.75 Å². The molecule has 0 aliphatic carbocycles. The molecule has 0 unspecified atom stereocenters. The first-order chi connectivity index (χ1) is 16.5. The summed E-state index contributed by atoms with van der Waals surface area (Å²) in [7, 11) is -2.39. The topological polar surface area (TPSA) is 96.0 Å². The number of sulfonamides is 1. The van der Waals surface area contributed by atoms with Crippen LogP contribution in [-0.4, -0.2) is 57.6 Å². The quantitative estimate of drug-likeness (QED) is 0.479. The van der Waals surface area contributed by atoms with Crippen molar-refractivity contribution in [2.24, 2.45) is 0 Å². The van der Waals surface area contributed by atoms with E-state index in [1.165, 1.54) is 12.0 Å². The summed E-state index contributed by atoms with van der Waals surface area (Å²) >= 11 is 0. The van der Waals surface area contributed by atoms with Gasteiger partial charge in [0.2, 0.25) is 21.8 Å². The molecule has 2 amide bonds. The number of nitrogens with one attached hydrogen (secondary N) is 1. The van der Waals surface area contributed by atoms with Gasteiger partial charge < -0.3 is 15.0 Å². The molecule has 1 N–H and O–H groups in total. The largest absolute Gasteiger partial charge is 0.495 e. The first-order valence-corrected chi connectivity index (χ1v) is 13.6. The van der Waals surface area contributed by atoms with Crippen LogP contribution in [-0.2, 0) is 26.2 Å². The molecule has 192 valence electrons. The molecule has 8 nitrogen and oxygen atoms in total. The lowest BCUT2D eigenvalue weighted by molar-refractivity contribution is -0.140. The number of hydrogen-bond donors (Lipinski definition) is 1. The first kappa shape index (κ1) is 28.2. The van der Waals surface area contributed by atoms with Crippen LogP contribution >= 0.6 is 0 Å². The van der Waals surface area contributed by atoms with Crippen molar-refractivity contribution in [1.82, 2.24) is 10.2 Å². The van der Waals surface area contributed by atoms with Crippen molar-refractivity contribution in [3.63, 3.8) is 0 Å². The molecule has 0 spiro atoms. The Morgan fingerprint density at radius 1 is 1.06 bits per heavy atom. The lowest BCUT2D eigenvalue weighted by Crippen LogP contribution is -2.52. The molecule has 0 radical (unpaired) electrons. The Kier molecular flexibility index (Phi) is 10.1. The van der Waals surface area contributed by atoms with Gasteiger partial charge in [0.1, 0.15) is 18.3 Å².